The fraction of sp³-hybridized carbons (Fsp3) is 0.158. The number of amides is 1. The van der Waals surface area contributed by atoms with Gasteiger partial charge in [-0.2, -0.15) is 5.10 Å². The van der Waals surface area contributed by atoms with Gasteiger partial charge in [-0.05, 0) is 37.3 Å². The SMILES string of the molecule is Cc1ccc(S(=O)(=O)CCC(=O)Nc2cccc(Cl)c2-n2cccn2)cc1. The van der Waals surface area contributed by atoms with Crippen molar-refractivity contribution in [2.24, 2.45) is 0 Å². The Labute approximate surface area is 162 Å². The van der Waals surface area contributed by atoms with E-state index < -0.39 is 15.7 Å². The van der Waals surface area contributed by atoms with Crippen molar-refractivity contribution < 1.29 is 13.2 Å². The summed E-state index contributed by atoms with van der Waals surface area (Å²) in [7, 11) is -3.53. The number of nitrogens with one attached hydrogen (secondary N) is 1. The van der Waals surface area contributed by atoms with Crippen molar-refractivity contribution in [3.63, 3.8) is 0 Å². The Morgan fingerprint density at radius 3 is 2.56 bits per heavy atom. The number of para-hydroxylation sites is 1. The van der Waals surface area contributed by atoms with E-state index in [-0.39, 0.29) is 17.1 Å². The van der Waals surface area contributed by atoms with Gasteiger partial charge >= 0.3 is 0 Å². The minimum absolute atomic E-state index is 0.165. The Morgan fingerprint density at radius 2 is 1.89 bits per heavy atom. The Hall–Kier alpha value is -2.64. The molecule has 3 aromatic rings. The molecule has 0 saturated heterocycles. The van der Waals surface area contributed by atoms with Gasteiger partial charge in [-0.25, -0.2) is 13.1 Å². The number of carbonyl (C=O) groups excluding carboxylic acids is 1. The maximum atomic E-state index is 12.4. The lowest BCUT2D eigenvalue weighted by atomic mass is 10.2. The number of sulfone groups is 1. The van der Waals surface area contributed by atoms with E-state index in [0.717, 1.165) is 5.56 Å². The molecule has 140 valence electrons. The third kappa shape index (κ3) is 4.56. The number of anilines is 1. The van der Waals surface area contributed by atoms with E-state index in [0.29, 0.717) is 16.4 Å². The lowest BCUT2D eigenvalue weighted by Gasteiger charge is -2.13. The number of hydrogen-bond donors (Lipinski definition) is 1. The number of benzene rings is 2. The van der Waals surface area contributed by atoms with E-state index in [9.17, 15) is 13.2 Å². The smallest absolute Gasteiger partial charge is 0.225 e. The van der Waals surface area contributed by atoms with Crippen molar-refractivity contribution in [3.05, 3.63) is 71.5 Å². The minimum Gasteiger partial charge on any atom is -0.324 e. The summed E-state index contributed by atoms with van der Waals surface area (Å²) in [4.78, 5) is 12.5. The van der Waals surface area contributed by atoms with Crippen molar-refractivity contribution in [1.29, 1.82) is 0 Å². The molecule has 3 rings (SSSR count). The van der Waals surface area contributed by atoms with Crippen molar-refractivity contribution >= 4 is 33.0 Å². The van der Waals surface area contributed by atoms with Crippen LogP contribution in [-0.4, -0.2) is 29.9 Å². The normalized spacial score (nSPS) is 11.3. The van der Waals surface area contributed by atoms with E-state index in [1.54, 1.807) is 65.6 Å². The van der Waals surface area contributed by atoms with Gasteiger partial charge in [0.15, 0.2) is 9.84 Å². The largest absolute Gasteiger partial charge is 0.324 e. The fourth-order valence-electron chi connectivity index (χ4n) is 2.55. The molecule has 2 aromatic carbocycles. The lowest BCUT2D eigenvalue weighted by Crippen LogP contribution is -2.18. The van der Waals surface area contributed by atoms with Gasteiger partial charge in [-0.3, -0.25) is 4.79 Å². The van der Waals surface area contributed by atoms with Gasteiger partial charge < -0.3 is 5.32 Å². The molecule has 1 amide bonds. The Morgan fingerprint density at radius 1 is 1.15 bits per heavy atom. The molecule has 1 N–H and O–H groups in total. The number of aromatic nitrogens is 2. The first-order valence-electron chi connectivity index (χ1n) is 8.24. The molecule has 0 aliphatic heterocycles. The number of rotatable bonds is 6. The van der Waals surface area contributed by atoms with Crippen LogP contribution in [0.4, 0.5) is 5.69 Å². The highest BCUT2D eigenvalue weighted by atomic mass is 35.5. The molecule has 0 fully saturated rings. The summed E-state index contributed by atoms with van der Waals surface area (Å²) in [6.45, 7) is 1.88. The molecule has 0 bridgehead atoms. The Kier molecular flexibility index (Phi) is 5.62. The number of halogens is 1. The van der Waals surface area contributed by atoms with Crippen LogP contribution in [0.3, 0.4) is 0 Å². The highest BCUT2D eigenvalue weighted by molar-refractivity contribution is 7.91. The number of hydrogen-bond acceptors (Lipinski definition) is 4. The molecule has 27 heavy (non-hydrogen) atoms. The quantitative estimate of drug-likeness (QED) is 0.681. The van der Waals surface area contributed by atoms with Crippen LogP contribution in [0.1, 0.15) is 12.0 Å². The van der Waals surface area contributed by atoms with Crippen LogP contribution in [0, 0.1) is 6.92 Å². The fourth-order valence-corrected chi connectivity index (χ4v) is 4.06. The van der Waals surface area contributed by atoms with Crippen molar-refractivity contribution in [2.75, 3.05) is 11.1 Å². The highest BCUT2D eigenvalue weighted by Gasteiger charge is 2.18. The van der Waals surface area contributed by atoms with Crippen LogP contribution in [0.2, 0.25) is 5.02 Å². The lowest BCUT2D eigenvalue weighted by molar-refractivity contribution is -0.115. The molecule has 0 atom stereocenters. The predicted molar refractivity (Wildman–Crippen MR) is 105 cm³/mol. The van der Waals surface area contributed by atoms with Crippen LogP contribution in [0.5, 0.6) is 0 Å². The average molecular weight is 404 g/mol. The number of carbonyl (C=O) groups is 1. The second-order valence-electron chi connectivity index (χ2n) is 6.02. The first-order chi connectivity index (χ1) is 12.9. The van der Waals surface area contributed by atoms with Gasteiger partial charge in [-0.15, -0.1) is 0 Å². The zero-order chi connectivity index (χ0) is 19.4. The van der Waals surface area contributed by atoms with Crippen molar-refractivity contribution in [1.82, 2.24) is 9.78 Å². The predicted octanol–water partition coefficient (Wildman–Crippen LogP) is 3.64. The Bertz CT molecular complexity index is 1050. The zero-order valence-corrected chi connectivity index (χ0v) is 16.2. The summed E-state index contributed by atoms with van der Waals surface area (Å²) in [6, 6.07) is 13.4. The summed E-state index contributed by atoms with van der Waals surface area (Å²) in [5.41, 5.74) is 1.96. The third-order valence-electron chi connectivity index (χ3n) is 3.97. The minimum atomic E-state index is -3.53. The maximum Gasteiger partial charge on any atom is 0.225 e. The molecule has 0 unspecified atom stereocenters. The monoisotopic (exact) mass is 403 g/mol. The first-order valence-corrected chi connectivity index (χ1v) is 10.3. The van der Waals surface area contributed by atoms with Gasteiger partial charge in [0, 0.05) is 18.8 Å². The van der Waals surface area contributed by atoms with Crippen LogP contribution in [0.25, 0.3) is 5.69 Å². The van der Waals surface area contributed by atoms with Crippen LogP contribution in [-0.2, 0) is 14.6 Å². The second kappa shape index (κ2) is 7.94. The third-order valence-corrected chi connectivity index (χ3v) is 6.01. The van der Waals surface area contributed by atoms with Crippen molar-refractivity contribution in [2.45, 2.75) is 18.2 Å². The molecular weight excluding hydrogens is 386 g/mol. The molecule has 8 heteroatoms. The van der Waals surface area contributed by atoms with Gasteiger partial charge in [0.1, 0.15) is 5.69 Å². The summed E-state index contributed by atoms with van der Waals surface area (Å²) >= 11 is 6.24. The topological polar surface area (TPSA) is 81.1 Å². The van der Waals surface area contributed by atoms with E-state index in [1.807, 2.05) is 6.92 Å². The van der Waals surface area contributed by atoms with Gasteiger partial charge in [-0.1, -0.05) is 35.4 Å². The molecule has 1 heterocycles. The molecule has 0 saturated carbocycles. The number of nitrogens with zero attached hydrogens (tertiary/aromatic N) is 2. The van der Waals surface area contributed by atoms with Gasteiger partial charge in [0.25, 0.3) is 0 Å². The summed E-state index contributed by atoms with van der Waals surface area (Å²) in [6.07, 6.45) is 3.14. The summed E-state index contributed by atoms with van der Waals surface area (Å²) < 4.78 is 26.3. The molecule has 6 nitrogen and oxygen atoms in total. The Balaban J connectivity index is 1.72. The first kappa shape index (κ1) is 19.1. The van der Waals surface area contributed by atoms with Crippen LogP contribution >= 0.6 is 11.6 Å². The van der Waals surface area contributed by atoms with Gasteiger partial charge in [0.05, 0.1) is 21.4 Å². The molecule has 1 aromatic heterocycles. The zero-order valence-electron chi connectivity index (χ0n) is 14.6. The van der Waals surface area contributed by atoms with E-state index >= 15 is 0 Å². The molecule has 0 aliphatic rings. The maximum absolute atomic E-state index is 12.4. The molecule has 0 spiro atoms. The van der Waals surface area contributed by atoms with E-state index in [2.05, 4.69) is 10.4 Å². The van der Waals surface area contributed by atoms with Crippen LogP contribution in [0.15, 0.2) is 65.8 Å². The van der Waals surface area contributed by atoms with Crippen LogP contribution < -0.4 is 5.32 Å². The average Bonchev–Trinajstić information content (AvgIpc) is 3.15. The molecule has 0 aliphatic carbocycles. The van der Waals surface area contributed by atoms with Gasteiger partial charge in [0.2, 0.25) is 5.91 Å². The van der Waals surface area contributed by atoms with Crippen molar-refractivity contribution in [3.8, 4) is 5.69 Å². The number of aryl methyl sites for hydroxylation is 1. The highest BCUT2D eigenvalue weighted by Crippen LogP contribution is 2.28. The molecular formula is C19H18ClN3O3S. The van der Waals surface area contributed by atoms with E-state index in [1.165, 1.54) is 0 Å². The standard InChI is InChI=1S/C19H18ClN3O3S/c1-14-6-8-15(9-7-14)27(25,26)13-10-18(24)22-17-5-2-4-16(20)19(17)23-12-3-11-21-23/h2-9,11-12H,10,13H2,1H3,(H,22,24). The second-order valence-corrected chi connectivity index (χ2v) is 8.53. The summed E-state index contributed by atoms with van der Waals surface area (Å²) in [5.74, 6) is -0.694. The van der Waals surface area contributed by atoms with E-state index in [4.69, 9.17) is 11.6 Å². The molecule has 0 radical (unpaired) electrons. The summed E-state index contributed by atoms with van der Waals surface area (Å²) in [5, 5.41) is 7.28.